The average molecular weight is 216 g/mol. The third-order valence-corrected chi connectivity index (χ3v) is 4.18. The molecular weight excluding hydrogens is 203 g/mol. The van der Waals surface area contributed by atoms with Crippen LogP contribution in [-0.2, 0) is 12.8 Å². The van der Waals surface area contributed by atoms with Crippen LogP contribution in [0, 0.1) is 0 Å². The quantitative estimate of drug-likeness (QED) is 0.596. The van der Waals surface area contributed by atoms with E-state index in [1.54, 1.807) is 0 Å². The van der Waals surface area contributed by atoms with Gasteiger partial charge in [0.2, 0.25) is 0 Å². The minimum absolute atomic E-state index is 0.754. The topological polar surface area (TPSA) is 0 Å². The molecule has 1 aromatic rings. The Balaban J connectivity index is 3.13. The van der Waals surface area contributed by atoms with E-state index in [9.17, 15) is 0 Å². The molecule has 1 heterocycles. The molecule has 0 saturated heterocycles. The van der Waals surface area contributed by atoms with Gasteiger partial charge in [-0.05, 0) is 29.8 Å². The van der Waals surface area contributed by atoms with Gasteiger partial charge in [-0.1, -0.05) is 26.1 Å². The second-order valence-corrected chi connectivity index (χ2v) is 4.92. The van der Waals surface area contributed by atoms with Gasteiger partial charge in [-0.15, -0.1) is 20.8 Å². The highest BCUT2D eigenvalue weighted by Crippen LogP contribution is 2.29. The maximum absolute atomic E-state index is 5.08. The minimum Gasteiger partial charge on any atom is -0.131 e. The molecule has 0 radical (unpaired) electrons. The van der Waals surface area contributed by atoms with Gasteiger partial charge in [-0.25, -0.2) is 0 Å². The van der Waals surface area contributed by atoms with Crippen molar-refractivity contribution in [2.75, 3.05) is 0 Å². The van der Waals surface area contributed by atoms with Crippen molar-refractivity contribution in [1.82, 2.24) is 0 Å². The fraction of sp³-hybridized carbons (Fsp3) is 0.444. The molecule has 1 rings (SSSR count). The molecule has 0 aromatic carbocycles. The normalized spacial score (nSPS) is 10.9. The molecule has 66 valence electrons. The molecule has 1 atom stereocenters. The SMILES string of the molecule is CCc1c[pH]c(C(=S)S)c1CC. The van der Waals surface area contributed by atoms with E-state index in [1.807, 2.05) is 0 Å². The monoisotopic (exact) mass is 216 g/mol. The smallest absolute Gasteiger partial charge is 0.0787 e. The predicted octanol–water partition coefficient (Wildman–Crippen LogP) is 3.45. The van der Waals surface area contributed by atoms with Gasteiger partial charge in [0.25, 0.3) is 0 Å². The number of hydrogen-bond donors (Lipinski definition) is 1. The van der Waals surface area contributed by atoms with Gasteiger partial charge in [0.15, 0.2) is 0 Å². The first kappa shape index (κ1) is 10.3. The lowest BCUT2D eigenvalue weighted by atomic mass is 10.1. The van der Waals surface area contributed by atoms with Crippen molar-refractivity contribution in [3.05, 3.63) is 22.2 Å². The van der Waals surface area contributed by atoms with Gasteiger partial charge < -0.3 is 0 Å². The summed E-state index contributed by atoms with van der Waals surface area (Å²) in [6.07, 6.45) is 2.21. The summed E-state index contributed by atoms with van der Waals surface area (Å²) >= 11 is 9.31. The third-order valence-electron chi connectivity index (χ3n) is 2.03. The van der Waals surface area contributed by atoms with Crippen molar-refractivity contribution in [3.8, 4) is 0 Å². The highest BCUT2D eigenvalue weighted by molar-refractivity contribution is 8.12. The molecule has 0 amide bonds. The first-order valence-corrected chi connectivity index (χ1v) is 6.06. The highest BCUT2D eigenvalue weighted by atomic mass is 32.1. The molecule has 1 aromatic heterocycles. The third kappa shape index (κ3) is 1.93. The van der Waals surface area contributed by atoms with Crippen LogP contribution in [0.3, 0.4) is 0 Å². The molecule has 1 unspecified atom stereocenters. The summed E-state index contributed by atoms with van der Waals surface area (Å²) in [5.41, 5.74) is 2.91. The van der Waals surface area contributed by atoms with Gasteiger partial charge in [0, 0.05) is 5.30 Å². The Labute approximate surface area is 86.3 Å². The van der Waals surface area contributed by atoms with Crippen LogP contribution in [0.1, 0.15) is 30.3 Å². The molecule has 0 nitrogen and oxygen atoms in total. The standard InChI is InChI=1S/C9H13PS2/c1-3-6-5-10-8(9(11)12)7(6)4-2/h5,10H,3-4H2,1-2H3,(H,11,12). The van der Waals surface area contributed by atoms with Crippen LogP contribution in [0.4, 0.5) is 0 Å². The first-order chi connectivity index (χ1) is 5.70. The lowest BCUT2D eigenvalue weighted by Gasteiger charge is -2.01. The van der Waals surface area contributed by atoms with Crippen molar-refractivity contribution in [3.63, 3.8) is 0 Å². The van der Waals surface area contributed by atoms with Crippen molar-refractivity contribution in [2.45, 2.75) is 26.7 Å². The molecule has 0 fully saturated rings. The number of hydrogen-bond acceptors (Lipinski definition) is 1. The number of thiocarbonyl (C=S) groups is 1. The molecule has 0 spiro atoms. The molecule has 12 heavy (non-hydrogen) atoms. The molecule has 0 aliphatic heterocycles. The number of rotatable bonds is 3. The van der Waals surface area contributed by atoms with Gasteiger partial charge in [-0.3, -0.25) is 0 Å². The highest BCUT2D eigenvalue weighted by Gasteiger charge is 2.08. The summed E-state index contributed by atoms with van der Waals surface area (Å²) < 4.78 is 0.782. The zero-order valence-electron chi connectivity index (χ0n) is 7.35. The van der Waals surface area contributed by atoms with Gasteiger partial charge in [-0.2, -0.15) is 0 Å². The molecule has 0 aliphatic rings. The Morgan fingerprint density at radius 3 is 2.58 bits per heavy atom. The summed E-state index contributed by atoms with van der Waals surface area (Å²) in [7, 11) is 0.754. The molecule has 3 heteroatoms. The summed E-state index contributed by atoms with van der Waals surface area (Å²) in [5, 5.41) is 1.30. The summed E-state index contributed by atoms with van der Waals surface area (Å²) in [5.74, 6) is 2.30. The maximum atomic E-state index is 5.08. The van der Waals surface area contributed by atoms with Crippen LogP contribution in [0.5, 0.6) is 0 Å². The molecule has 0 saturated carbocycles. The van der Waals surface area contributed by atoms with E-state index in [0.29, 0.717) is 0 Å². The molecule has 0 aliphatic carbocycles. The van der Waals surface area contributed by atoms with E-state index >= 15 is 0 Å². The van der Waals surface area contributed by atoms with E-state index < -0.39 is 0 Å². The minimum atomic E-state index is 0.754. The van der Waals surface area contributed by atoms with E-state index in [1.165, 1.54) is 16.4 Å². The number of thiol groups is 1. The zero-order valence-corrected chi connectivity index (χ0v) is 10.1. The Morgan fingerprint density at radius 1 is 1.50 bits per heavy atom. The summed E-state index contributed by atoms with van der Waals surface area (Å²) in [6.45, 7) is 4.37. The zero-order chi connectivity index (χ0) is 9.14. The molecular formula is C9H13PS2. The van der Waals surface area contributed by atoms with Crippen molar-refractivity contribution < 1.29 is 0 Å². The van der Waals surface area contributed by atoms with Gasteiger partial charge in [0.05, 0.1) is 4.20 Å². The largest absolute Gasteiger partial charge is 0.131 e. The van der Waals surface area contributed by atoms with E-state index in [-0.39, 0.29) is 0 Å². The Hall–Kier alpha value is 0.220. The van der Waals surface area contributed by atoms with Crippen LogP contribution in [0.2, 0.25) is 0 Å². The average Bonchev–Trinajstić information content (AvgIpc) is 2.46. The second-order valence-electron chi connectivity index (χ2n) is 2.68. The second kappa shape index (κ2) is 4.45. The fourth-order valence-electron chi connectivity index (χ4n) is 1.40. The van der Waals surface area contributed by atoms with Gasteiger partial charge >= 0.3 is 0 Å². The van der Waals surface area contributed by atoms with Crippen molar-refractivity contribution in [1.29, 1.82) is 0 Å². The lowest BCUT2D eigenvalue weighted by molar-refractivity contribution is 1.05. The van der Waals surface area contributed by atoms with Crippen LogP contribution >= 0.6 is 33.0 Å². The van der Waals surface area contributed by atoms with Crippen LogP contribution in [-0.4, -0.2) is 4.20 Å². The van der Waals surface area contributed by atoms with E-state index in [0.717, 1.165) is 25.2 Å². The maximum Gasteiger partial charge on any atom is 0.0787 e. The molecule has 0 N–H and O–H groups in total. The fourth-order valence-corrected chi connectivity index (χ4v) is 3.36. The van der Waals surface area contributed by atoms with Gasteiger partial charge in [0.1, 0.15) is 0 Å². The number of aryl methyl sites for hydroxylation is 1. The Bertz CT molecular complexity index is 289. The Kier molecular flexibility index (Phi) is 3.82. The van der Waals surface area contributed by atoms with Crippen molar-refractivity contribution >= 4 is 37.2 Å². The Morgan fingerprint density at radius 2 is 2.17 bits per heavy atom. The van der Waals surface area contributed by atoms with E-state index in [2.05, 4.69) is 32.3 Å². The van der Waals surface area contributed by atoms with E-state index in [4.69, 9.17) is 12.2 Å². The molecule has 0 bridgehead atoms. The van der Waals surface area contributed by atoms with Crippen molar-refractivity contribution in [2.24, 2.45) is 0 Å². The lowest BCUT2D eigenvalue weighted by Crippen LogP contribution is -1.92. The van der Waals surface area contributed by atoms with Crippen LogP contribution in [0.25, 0.3) is 0 Å². The first-order valence-electron chi connectivity index (χ1n) is 4.13. The van der Waals surface area contributed by atoms with Crippen LogP contribution in [0.15, 0.2) is 5.80 Å². The predicted molar refractivity (Wildman–Crippen MR) is 65.4 cm³/mol. The summed E-state index contributed by atoms with van der Waals surface area (Å²) in [6, 6.07) is 0. The van der Waals surface area contributed by atoms with Crippen LogP contribution < -0.4 is 0 Å². The summed E-state index contributed by atoms with van der Waals surface area (Å²) in [4.78, 5) is 0.